The zero-order chi connectivity index (χ0) is 10.9. The SMILES string of the molecule is Cc1cc(C[N+](C)(C)C)cc(C)c1O.[I-]. The van der Waals surface area contributed by atoms with E-state index in [0.29, 0.717) is 5.75 Å². The quantitative estimate of drug-likeness (QED) is 0.560. The highest BCUT2D eigenvalue weighted by molar-refractivity contribution is 5.41. The van der Waals surface area contributed by atoms with Gasteiger partial charge in [0.15, 0.2) is 0 Å². The van der Waals surface area contributed by atoms with E-state index in [4.69, 9.17) is 0 Å². The molecule has 0 heterocycles. The molecule has 0 aliphatic rings. The molecule has 1 rings (SSSR count). The van der Waals surface area contributed by atoms with Crippen LogP contribution in [0.2, 0.25) is 0 Å². The Hall–Kier alpha value is -0.290. The highest BCUT2D eigenvalue weighted by Crippen LogP contribution is 2.23. The van der Waals surface area contributed by atoms with Crippen molar-refractivity contribution in [3.63, 3.8) is 0 Å². The van der Waals surface area contributed by atoms with Gasteiger partial charge < -0.3 is 33.6 Å². The molecule has 2 nitrogen and oxygen atoms in total. The van der Waals surface area contributed by atoms with Crippen LogP contribution in [-0.2, 0) is 6.54 Å². The van der Waals surface area contributed by atoms with Crippen LogP contribution >= 0.6 is 0 Å². The van der Waals surface area contributed by atoms with Crippen molar-refractivity contribution >= 4 is 0 Å². The molecule has 0 saturated heterocycles. The minimum Gasteiger partial charge on any atom is -1.00 e. The van der Waals surface area contributed by atoms with Gasteiger partial charge in [0.05, 0.1) is 21.1 Å². The van der Waals surface area contributed by atoms with Crippen molar-refractivity contribution < 1.29 is 33.6 Å². The highest BCUT2D eigenvalue weighted by Gasteiger charge is 2.11. The van der Waals surface area contributed by atoms with E-state index in [9.17, 15) is 5.11 Å². The minimum atomic E-state index is 0. The van der Waals surface area contributed by atoms with Gasteiger partial charge in [-0.3, -0.25) is 0 Å². The maximum Gasteiger partial charge on any atom is 0.121 e. The molecular weight excluding hydrogens is 301 g/mol. The van der Waals surface area contributed by atoms with Crippen LogP contribution < -0.4 is 24.0 Å². The molecule has 0 fully saturated rings. The second kappa shape index (κ2) is 5.16. The second-order valence-corrected chi connectivity index (χ2v) is 5.03. The van der Waals surface area contributed by atoms with Crippen molar-refractivity contribution in [2.24, 2.45) is 0 Å². The van der Waals surface area contributed by atoms with Gasteiger partial charge in [0.25, 0.3) is 0 Å². The summed E-state index contributed by atoms with van der Waals surface area (Å²) < 4.78 is 0.906. The summed E-state index contributed by atoms with van der Waals surface area (Å²) in [5.41, 5.74) is 3.22. The van der Waals surface area contributed by atoms with Crippen molar-refractivity contribution in [2.75, 3.05) is 21.1 Å². The molecule has 1 aromatic carbocycles. The number of hydrogen-bond donors (Lipinski definition) is 1. The molecule has 15 heavy (non-hydrogen) atoms. The van der Waals surface area contributed by atoms with Crippen LogP contribution in [0.25, 0.3) is 0 Å². The van der Waals surface area contributed by atoms with Crippen LogP contribution in [0.3, 0.4) is 0 Å². The number of halogens is 1. The Balaban J connectivity index is 0.00000196. The molecule has 0 bridgehead atoms. The molecule has 0 aliphatic carbocycles. The predicted molar refractivity (Wildman–Crippen MR) is 59.3 cm³/mol. The molecule has 0 spiro atoms. The van der Waals surface area contributed by atoms with E-state index in [0.717, 1.165) is 22.2 Å². The first-order valence-corrected chi connectivity index (χ1v) is 4.89. The summed E-state index contributed by atoms with van der Waals surface area (Å²) in [4.78, 5) is 0. The Labute approximate surface area is 110 Å². The molecular formula is C12H20INO. The van der Waals surface area contributed by atoms with Crippen molar-refractivity contribution in [3.05, 3.63) is 28.8 Å². The van der Waals surface area contributed by atoms with Gasteiger partial charge in [0, 0.05) is 5.56 Å². The van der Waals surface area contributed by atoms with Gasteiger partial charge in [-0.15, -0.1) is 0 Å². The number of hydrogen-bond acceptors (Lipinski definition) is 1. The fraction of sp³-hybridized carbons (Fsp3) is 0.500. The summed E-state index contributed by atoms with van der Waals surface area (Å²) >= 11 is 0. The average Bonchev–Trinajstić information content (AvgIpc) is 1.96. The number of aryl methyl sites for hydroxylation is 2. The zero-order valence-corrected chi connectivity index (χ0v) is 12.3. The molecule has 0 saturated carbocycles. The van der Waals surface area contributed by atoms with Gasteiger partial charge in [-0.2, -0.15) is 0 Å². The molecule has 0 atom stereocenters. The number of quaternary nitrogens is 1. The van der Waals surface area contributed by atoms with Gasteiger partial charge in [0.1, 0.15) is 12.3 Å². The lowest BCUT2D eigenvalue weighted by Crippen LogP contribution is -3.00. The fourth-order valence-corrected chi connectivity index (χ4v) is 1.68. The third-order valence-electron chi connectivity index (χ3n) is 2.21. The van der Waals surface area contributed by atoms with E-state index in [1.54, 1.807) is 0 Å². The molecule has 0 aliphatic heterocycles. The van der Waals surface area contributed by atoms with Crippen molar-refractivity contribution in [1.29, 1.82) is 0 Å². The van der Waals surface area contributed by atoms with Crippen molar-refractivity contribution in [3.8, 4) is 5.75 Å². The Morgan fingerprint density at radius 1 is 1.07 bits per heavy atom. The number of nitrogens with zero attached hydrogens (tertiary/aromatic N) is 1. The molecule has 86 valence electrons. The monoisotopic (exact) mass is 321 g/mol. The summed E-state index contributed by atoms with van der Waals surface area (Å²) in [6, 6.07) is 4.12. The Kier molecular flexibility index (Phi) is 5.06. The van der Waals surface area contributed by atoms with Crippen LogP contribution in [0.5, 0.6) is 5.75 Å². The number of rotatable bonds is 2. The topological polar surface area (TPSA) is 20.2 Å². The van der Waals surface area contributed by atoms with E-state index < -0.39 is 0 Å². The van der Waals surface area contributed by atoms with Crippen LogP contribution in [0.15, 0.2) is 12.1 Å². The molecule has 0 unspecified atom stereocenters. The van der Waals surface area contributed by atoms with Crippen LogP contribution in [0, 0.1) is 13.8 Å². The summed E-state index contributed by atoms with van der Waals surface area (Å²) in [7, 11) is 6.49. The Morgan fingerprint density at radius 2 is 1.47 bits per heavy atom. The van der Waals surface area contributed by atoms with Crippen LogP contribution in [0.4, 0.5) is 0 Å². The van der Waals surface area contributed by atoms with Crippen molar-refractivity contribution in [1.82, 2.24) is 0 Å². The van der Waals surface area contributed by atoms with E-state index in [2.05, 4.69) is 33.3 Å². The van der Waals surface area contributed by atoms with Gasteiger partial charge in [0.2, 0.25) is 0 Å². The molecule has 0 aromatic heterocycles. The first-order valence-electron chi connectivity index (χ1n) is 4.89. The largest absolute Gasteiger partial charge is 1.00 e. The first-order chi connectivity index (χ1) is 6.29. The highest BCUT2D eigenvalue weighted by atomic mass is 127. The summed E-state index contributed by atoms with van der Waals surface area (Å²) in [5.74, 6) is 0.426. The third kappa shape index (κ3) is 4.38. The normalized spacial score (nSPS) is 11.0. The van der Waals surface area contributed by atoms with Gasteiger partial charge >= 0.3 is 0 Å². The minimum absolute atomic E-state index is 0. The van der Waals surface area contributed by atoms with E-state index in [1.165, 1.54) is 5.56 Å². The lowest BCUT2D eigenvalue weighted by molar-refractivity contribution is -0.884. The second-order valence-electron chi connectivity index (χ2n) is 5.03. The number of aromatic hydroxyl groups is 1. The molecule has 3 heteroatoms. The molecule has 0 amide bonds. The number of phenols is 1. The van der Waals surface area contributed by atoms with E-state index >= 15 is 0 Å². The smallest absolute Gasteiger partial charge is 0.121 e. The van der Waals surface area contributed by atoms with Crippen LogP contribution in [-0.4, -0.2) is 30.7 Å². The lowest BCUT2D eigenvalue weighted by atomic mass is 10.1. The van der Waals surface area contributed by atoms with Crippen molar-refractivity contribution in [2.45, 2.75) is 20.4 Å². The summed E-state index contributed by atoms with van der Waals surface area (Å²) in [5, 5.41) is 9.62. The Bertz CT molecular complexity index is 319. The summed E-state index contributed by atoms with van der Waals surface area (Å²) in [6.07, 6.45) is 0. The van der Waals surface area contributed by atoms with E-state index in [1.807, 2.05) is 13.8 Å². The van der Waals surface area contributed by atoms with Crippen LogP contribution in [0.1, 0.15) is 16.7 Å². The number of benzene rings is 1. The lowest BCUT2D eigenvalue weighted by Gasteiger charge is -2.24. The maximum absolute atomic E-state index is 9.62. The molecule has 1 aromatic rings. The predicted octanol–water partition coefficient (Wildman–Crippen LogP) is -0.781. The molecule has 1 N–H and O–H groups in total. The Morgan fingerprint density at radius 3 is 1.80 bits per heavy atom. The third-order valence-corrected chi connectivity index (χ3v) is 2.21. The number of phenolic OH excluding ortho intramolecular Hbond substituents is 1. The van der Waals surface area contributed by atoms with Gasteiger partial charge in [-0.25, -0.2) is 0 Å². The summed E-state index contributed by atoms with van der Waals surface area (Å²) in [6.45, 7) is 4.88. The zero-order valence-electron chi connectivity index (χ0n) is 10.1. The standard InChI is InChI=1S/C12H19NO.HI/c1-9-6-11(8-13(3,4)5)7-10(2)12(9)14;/h6-7H,8H2,1-5H3;1H. The first kappa shape index (κ1) is 14.7. The van der Waals surface area contributed by atoms with Gasteiger partial charge in [-0.1, -0.05) is 0 Å². The van der Waals surface area contributed by atoms with Gasteiger partial charge in [-0.05, 0) is 37.1 Å². The average molecular weight is 321 g/mol. The fourth-order valence-electron chi connectivity index (χ4n) is 1.68. The molecule has 0 radical (unpaired) electrons. The van der Waals surface area contributed by atoms with E-state index in [-0.39, 0.29) is 24.0 Å². The maximum atomic E-state index is 9.62.